The van der Waals surface area contributed by atoms with Crippen molar-refractivity contribution in [2.24, 2.45) is 69.5 Å². The molecule has 0 radical (unpaired) electrons. The Kier molecular flexibility index (Phi) is 103. The van der Waals surface area contributed by atoms with E-state index in [1.807, 2.05) is 62.3 Å². The van der Waals surface area contributed by atoms with Gasteiger partial charge in [-0.15, -0.1) is 0 Å². The number of halogens is 6. The molecule has 0 spiro atoms. The van der Waals surface area contributed by atoms with Gasteiger partial charge in [-0.1, -0.05) is 393 Å². The summed E-state index contributed by atoms with van der Waals surface area (Å²) in [5.74, 6) is 3.04. The summed E-state index contributed by atoms with van der Waals surface area (Å²) in [6.45, 7) is 83.9. The molecule has 0 heterocycles. The van der Waals surface area contributed by atoms with E-state index in [-0.39, 0.29) is 24.2 Å². The summed E-state index contributed by atoms with van der Waals surface area (Å²) in [6.07, 6.45) is 10.4. The van der Waals surface area contributed by atoms with E-state index in [9.17, 15) is 26.3 Å². The molecule has 0 aromatic carbocycles. The Morgan fingerprint density at radius 2 is 0.679 bits per heavy atom. The van der Waals surface area contributed by atoms with Gasteiger partial charge >= 0.3 is 12.4 Å². The molecule has 0 aromatic rings. The first kappa shape index (κ1) is 99.6. The maximum atomic E-state index is 11.6. The highest BCUT2D eigenvalue weighted by Gasteiger charge is 2.35. The molecular formula is C75H172F6. The lowest BCUT2D eigenvalue weighted by molar-refractivity contribution is -0.171. The lowest BCUT2D eigenvalue weighted by Gasteiger charge is -2.15. The zero-order valence-corrected chi connectivity index (χ0v) is 64.6. The van der Waals surface area contributed by atoms with Crippen LogP contribution < -0.4 is 0 Å². The summed E-state index contributed by atoms with van der Waals surface area (Å²) in [5, 5.41) is 0. The van der Waals surface area contributed by atoms with E-state index in [1.165, 1.54) is 111 Å². The Bertz CT molecular complexity index is 1100. The van der Waals surface area contributed by atoms with Gasteiger partial charge in [-0.25, -0.2) is 0 Å². The molecule has 1 rings (SSSR count). The van der Waals surface area contributed by atoms with Crippen molar-refractivity contribution in [1.29, 1.82) is 0 Å². The lowest BCUT2D eigenvalue weighted by atomic mass is 9.91. The van der Waals surface area contributed by atoms with Crippen LogP contribution in [0.25, 0.3) is 0 Å². The van der Waals surface area contributed by atoms with Crippen molar-refractivity contribution in [2.45, 2.75) is 425 Å². The number of unbranched alkanes of at least 4 members (excludes halogenated alkanes) is 3. The van der Waals surface area contributed by atoms with E-state index in [4.69, 9.17) is 6.85 Å². The van der Waals surface area contributed by atoms with E-state index < -0.39 is 36.9 Å². The average Bonchev–Trinajstić information content (AvgIpc) is 3.62. The van der Waals surface area contributed by atoms with E-state index in [0.717, 1.165) is 35.5 Å². The smallest absolute Gasteiger partial charge is 0.171 e. The molecule has 1 aliphatic carbocycles. The topological polar surface area (TPSA) is 0 Å². The molecule has 0 saturated heterocycles. The fraction of sp³-hybridized carbons (Fsp3) is 1.00. The van der Waals surface area contributed by atoms with Gasteiger partial charge < -0.3 is 0 Å². The Balaban J connectivity index is -0.0000000544. The highest BCUT2D eigenvalue weighted by molar-refractivity contribution is 4.76. The van der Waals surface area contributed by atoms with Gasteiger partial charge in [0.15, 0.2) is 0 Å². The number of hydrogen-bond acceptors (Lipinski definition) is 0. The molecule has 0 bridgehead atoms. The molecule has 6 heteroatoms. The third-order valence-corrected chi connectivity index (χ3v) is 11.4. The second-order valence-electron chi connectivity index (χ2n) is 27.2. The maximum Gasteiger partial charge on any atom is 0.391 e. The quantitative estimate of drug-likeness (QED) is 0.181. The minimum absolute atomic E-state index is 0.170. The van der Waals surface area contributed by atoms with Crippen LogP contribution >= 0.6 is 0 Å². The van der Waals surface area contributed by atoms with Crippen LogP contribution in [-0.2, 0) is 0 Å². The predicted molar refractivity (Wildman–Crippen MR) is 376 cm³/mol. The van der Waals surface area contributed by atoms with Crippen LogP contribution in [0, 0.1) is 69.5 Å². The molecule has 0 aromatic heterocycles. The van der Waals surface area contributed by atoms with Gasteiger partial charge in [0.2, 0.25) is 0 Å². The van der Waals surface area contributed by atoms with Crippen LogP contribution in [-0.4, -0.2) is 12.4 Å². The normalized spacial score (nSPS) is 16.0. The largest absolute Gasteiger partial charge is 0.391 e. The SMILES string of the molecule is CC.CC(C)C.CC1CCC(C)C1C.CCC.CCC(C)(C)C.CCC(C)C.CCC(C)C(F)(F)F.CCCC.CCCC(C)(C)C.CCCC(C)C.CCCC(C)C(F)(F)F.CCCCC.[2H]C(C)(C)C.[2H]C([2H])(C)C(C)(C)C.[2H]C([2H])(C)CC. The van der Waals surface area contributed by atoms with Gasteiger partial charge in [0.05, 0.1) is 11.8 Å². The molecule has 0 amide bonds. The first-order valence-electron chi connectivity index (χ1n) is 36.3. The van der Waals surface area contributed by atoms with Crippen molar-refractivity contribution in [3.8, 4) is 0 Å². The van der Waals surface area contributed by atoms with Crippen LogP contribution in [0.15, 0.2) is 0 Å². The second kappa shape index (κ2) is 83.8. The van der Waals surface area contributed by atoms with Gasteiger partial charge in [0.25, 0.3) is 0 Å². The second-order valence-corrected chi connectivity index (χ2v) is 27.2. The molecule has 4 atom stereocenters. The van der Waals surface area contributed by atoms with Crippen LogP contribution in [0.1, 0.15) is 419 Å². The third-order valence-electron chi connectivity index (χ3n) is 11.4. The predicted octanol–water partition coefficient (Wildman–Crippen LogP) is 32.1. The van der Waals surface area contributed by atoms with Crippen molar-refractivity contribution in [2.75, 3.05) is 0 Å². The van der Waals surface area contributed by atoms with Crippen LogP contribution in [0.5, 0.6) is 0 Å². The van der Waals surface area contributed by atoms with Crippen molar-refractivity contribution in [3.63, 3.8) is 0 Å². The van der Waals surface area contributed by atoms with Gasteiger partial charge in [0, 0.05) is 6.85 Å². The third kappa shape index (κ3) is 203. The van der Waals surface area contributed by atoms with Crippen LogP contribution in [0.4, 0.5) is 26.3 Å². The molecule has 0 N–H and O–H groups in total. The van der Waals surface area contributed by atoms with Crippen molar-refractivity contribution < 1.29 is 33.2 Å². The molecule has 514 valence electrons. The number of alkyl halides is 6. The standard InChI is InChI=1S/C8H16.C7H16.C6H11F3.3C6H14.C5H9F3.2C5H12.4C4H10.C3H8.C2H6/c1-6-4-5-7(2)8(6)3;1-5-6-7(2,3)4;1-3-4-5(2)6(7,8)9;2*1-5-6(2,3)4;1-4-5-6(2)3;1-3-4(2)5(6,7)8;1-4-5(2)3;1-3-5-4-2;2*1-4(2)3;2*1-3-4-2;1-3-2;1-2/h6-8H,4-5H2,1-3H3;5-6H2,1-4H3;5H,3-4H2,1-2H3;2*5H2,1-4H3;6H,4-5H2,1-3H3;4H,3H2,1-2H3;5H,4H2,1-3H3;3-5H2,1-2H3;2*4H,1-3H3;2*3-4H2,1-2H3;3H2,1-2H3;1-2H3/i;;;5D2;;;;;;4D;;3D2;;;. The average molecular weight is 1190 g/mol. The first-order valence-corrected chi connectivity index (χ1v) is 33.8. The van der Waals surface area contributed by atoms with E-state index in [2.05, 4.69) is 180 Å². The highest BCUT2D eigenvalue weighted by Crippen LogP contribution is 2.35. The highest BCUT2D eigenvalue weighted by atomic mass is 19.4. The van der Waals surface area contributed by atoms with E-state index in [1.54, 1.807) is 20.8 Å². The number of rotatable bonds is 11. The molecule has 1 aliphatic rings. The van der Waals surface area contributed by atoms with Crippen LogP contribution in [0.2, 0.25) is 0 Å². The number of hydrogen-bond donors (Lipinski definition) is 0. The van der Waals surface area contributed by atoms with E-state index in [0.29, 0.717) is 23.7 Å². The molecule has 0 nitrogen and oxygen atoms in total. The summed E-state index contributed by atoms with van der Waals surface area (Å²) in [7, 11) is 0. The summed E-state index contributed by atoms with van der Waals surface area (Å²) in [4.78, 5) is 0. The molecule has 1 saturated carbocycles. The minimum atomic E-state index is -3.99. The minimum Gasteiger partial charge on any atom is -0.171 e. The fourth-order valence-electron chi connectivity index (χ4n) is 4.12. The Labute approximate surface area is 525 Å². The molecule has 81 heavy (non-hydrogen) atoms. The molecule has 1 fully saturated rings. The van der Waals surface area contributed by atoms with Crippen molar-refractivity contribution in [3.05, 3.63) is 0 Å². The van der Waals surface area contributed by atoms with Gasteiger partial charge in [-0.3, -0.25) is 0 Å². The Hall–Kier alpha value is -0.420. The zero-order valence-electron chi connectivity index (χ0n) is 69.6. The zero-order chi connectivity index (χ0) is 73.3. The van der Waals surface area contributed by atoms with Crippen molar-refractivity contribution >= 4 is 0 Å². The summed E-state index contributed by atoms with van der Waals surface area (Å²) in [6, 6.07) is 0. The molecule has 0 aliphatic heterocycles. The van der Waals surface area contributed by atoms with Gasteiger partial charge in [0.1, 0.15) is 0 Å². The fourth-order valence-corrected chi connectivity index (χ4v) is 4.12. The summed E-state index contributed by atoms with van der Waals surface area (Å²) < 4.78 is 104. The Morgan fingerprint density at radius 3 is 0.704 bits per heavy atom. The molecular weight excluding hydrogens is 1010 g/mol. The van der Waals surface area contributed by atoms with Crippen LogP contribution in [0.3, 0.4) is 0 Å². The lowest BCUT2D eigenvalue weighted by Crippen LogP contribution is -2.19. The van der Waals surface area contributed by atoms with Crippen molar-refractivity contribution in [1.82, 2.24) is 0 Å². The van der Waals surface area contributed by atoms with Gasteiger partial charge in [-0.05, 0) is 76.9 Å². The molecule has 4 unspecified atom stereocenters. The summed E-state index contributed by atoms with van der Waals surface area (Å²) >= 11 is 0. The Morgan fingerprint density at radius 1 is 0.420 bits per heavy atom. The maximum absolute atomic E-state index is 11.6. The summed E-state index contributed by atoms with van der Waals surface area (Å²) in [5.41, 5.74) is 0.863. The first-order chi connectivity index (χ1) is 38.1. The monoisotopic (exact) mass is 1190 g/mol. The van der Waals surface area contributed by atoms with E-state index >= 15 is 0 Å². The van der Waals surface area contributed by atoms with Gasteiger partial charge in [-0.2, -0.15) is 26.3 Å².